The molecule has 1 amide bonds. The van der Waals surface area contributed by atoms with Crippen molar-refractivity contribution in [1.82, 2.24) is 10.2 Å². The fourth-order valence-corrected chi connectivity index (χ4v) is 3.41. The Morgan fingerprint density at radius 1 is 1.42 bits per heavy atom. The summed E-state index contributed by atoms with van der Waals surface area (Å²) < 4.78 is 14.5. The molecule has 0 spiro atoms. The minimum Gasteiger partial charge on any atom is -0.296 e. The Bertz CT molecular complexity index is 752. The zero-order chi connectivity index (χ0) is 13.4. The van der Waals surface area contributed by atoms with Crippen molar-refractivity contribution in [3.8, 4) is 0 Å². The van der Waals surface area contributed by atoms with E-state index < -0.39 is 0 Å². The lowest BCUT2D eigenvalue weighted by molar-refractivity contribution is 0.103. The molecule has 0 saturated heterocycles. The average Bonchev–Trinajstić information content (AvgIpc) is 2.98. The summed E-state index contributed by atoms with van der Waals surface area (Å²) in [5, 5.41) is 11.0. The molecule has 0 bridgehead atoms. The second-order valence-corrected chi connectivity index (χ2v) is 5.75. The normalized spacial score (nSPS) is 10.8. The first-order valence-electron chi connectivity index (χ1n) is 5.42. The molecule has 3 rings (SSSR count). The van der Waals surface area contributed by atoms with Gasteiger partial charge in [0.25, 0.3) is 5.91 Å². The summed E-state index contributed by atoms with van der Waals surface area (Å²) in [6.07, 6.45) is 0. The number of nitrogens with zero attached hydrogens (tertiary/aromatic N) is 2. The van der Waals surface area contributed by atoms with Crippen LogP contribution in [0.2, 0.25) is 0 Å². The standard InChI is InChI=1S/C12H8FN3OS2/c1-6-9-7(13)3-2-4-8(9)19-10(6)11(17)15-12-16-14-5-18-12/h2-5H,1H3,(H,15,16,17). The van der Waals surface area contributed by atoms with E-state index in [-0.39, 0.29) is 11.7 Å². The summed E-state index contributed by atoms with van der Waals surface area (Å²) in [5.41, 5.74) is 2.19. The van der Waals surface area contributed by atoms with Gasteiger partial charge < -0.3 is 0 Å². The molecule has 4 nitrogen and oxygen atoms in total. The Labute approximate surface area is 115 Å². The highest BCUT2D eigenvalue weighted by Crippen LogP contribution is 2.33. The van der Waals surface area contributed by atoms with Gasteiger partial charge in [0, 0.05) is 10.1 Å². The topological polar surface area (TPSA) is 54.9 Å². The van der Waals surface area contributed by atoms with Crippen molar-refractivity contribution < 1.29 is 9.18 Å². The van der Waals surface area contributed by atoms with E-state index >= 15 is 0 Å². The number of rotatable bonds is 2. The molecule has 1 aromatic carbocycles. The highest BCUT2D eigenvalue weighted by Gasteiger charge is 2.18. The van der Waals surface area contributed by atoms with Crippen molar-refractivity contribution in [2.45, 2.75) is 6.92 Å². The van der Waals surface area contributed by atoms with Gasteiger partial charge in [0.15, 0.2) is 0 Å². The smallest absolute Gasteiger partial charge is 0.267 e. The first kappa shape index (κ1) is 12.2. The van der Waals surface area contributed by atoms with Crippen molar-refractivity contribution in [3.63, 3.8) is 0 Å². The molecule has 7 heteroatoms. The molecule has 3 aromatic rings. The molecule has 2 aromatic heterocycles. The summed E-state index contributed by atoms with van der Waals surface area (Å²) >= 11 is 2.51. The Kier molecular flexibility index (Phi) is 3.00. The summed E-state index contributed by atoms with van der Waals surface area (Å²) in [5.74, 6) is -0.587. The number of amides is 1. The fourth-order valence-electron chi connectivity index (χ4n) is 1.85. The van der Waals surface area contributed by atoms with E-state index in [9.17, 15) is 9.18 Å². The number of aromatic nitrogens is 2. The molecule has 0 fully saturated rings. The molecule has 2 heterocycles. The molecule has 0 aliphatic rings. The van der Waals surface area contributed by atoms with Gasteiger partial charge in [0.05, 0.1) is 4.88 Å². The number of benzene rings is 1. The van der Waals surface area contributed by atoms with Crippen molar-refractivity contribution in [2.75, 3.05) is 5.32 Å². The van der Waals surface area contributed by atoms with Crippen LogP contribution in [0, 0.1) is 12.7 Å². The minimum absolute atomic E-state index is 0.283. The Morgan fingerprint density at radius 2 is 2.26 bits per heavy atom. The molecule has 0 aliphatic heterocycles. The fraction of sp³-hybridized carbons (Fsp3) is 0.0833. The highest BCUT2D eigenvalue weighted by atomic mass is 32.1. The monoisotopic (exact) mass is 293 g/mol. The predicted octanol–water partition coefficient (Wildman–Crippen LogP) is 3.45. The number of fused-ring (bicyclic) bond motifs is 1. The van der Waals surface area contributed by atoms with Gasteiger partial charge in [-0.15, -0.1) is 21.5 Å². The molecule has 1 N–H and O–H groups in total. The van der Waals surface area contributed by atoms with Crippen LogP contribution in [0.25, 0.3) is 10.1 Å². The molecule has 0 aliphatic carbocycles. The number of carbonyl (C=O) groups is 1. The van der Waals surface area contributed by atoms with Gasteiger partial charge in [-0.2, -0.15) is 0 Å². The Morgan fingerprint density at radius 3 is 2.95 bits per heavy atom. The maximum Gasteiger partial charge on any atom is 0.267 e. The third kappa shape index (κ3) is 2.11. The van der Waals surface area contributed by atoms with Crippen LogP contribution in [0.4, 0.5) is 9.52 Å². The van der Waals surface area contributed by atoms with Gasteiger partial charge in [0.1, 0.15) is 11.3 Å². The zero-order valence-corrected chi connectivity index (χ0v) is 11.4. The van der Waals surface area contributed by atoms with Crippen LogP contribution in [-0.4, -0.2) is 16.1 Å². The van der Waals surface area contributed by atoms with E-state index in [2.05, 4.69) is 15.5 Å². The summed E-state index contributed by atoms with van der Waals surface area (Å²) in [4.78, 5) is 12.6. The number of aryl methyl sites for hydroxylation is 1. The minimum atomic E-state index is -0.304. The number of nitrogens with one attached hydrogen (secondary N) is 1. The van der Waals surface area contributed by atoms with Gasteiger partial charge in [-0.3, -0.25) is 10.1 Å². The van der Waals surface area contributed by atoms with Crippen molar-refractivity contribution in [2.24, 2.45) is 0 Å². The van der Waals surface area contributed by atoms with Gasteiger partial charge in [-0.1, -0.05) is 17.4 Å². The second kappa shape index (κ2) is 4.67. The molecule has 0 unspecified atom stereocenters. The quantitative estimate of drug-likeness (QED) is 0.787. The zero-order valence-electron chi connectivity index (χ0n) is 9.81. The number of hydrogen-bond donors (Lipinski definition) is 1. The summed E-state index contributed by atoms with van der Waals surface area (Å²) in [6, 6.07) is 4.84. The molecule has 0 radical (unpaired) electrons. The maximum atomic E-state index is 13.8. The van der Waals surface area contributed by atoms with E-state index in [4.69, 9.17) is 0 Å². The van der Waals surface area contributed by atoms with E-state index in [0.717, 1.165) is 4.70 Å². The molecule has 19 heavy (non-hydrogen) atoms. The van der Waals surface area contributed by atoms with E-state index in [1.807, 2.05) is 0 Å². The molecular weight excluding hydrogens is 285 g/mol. The summed E-state index contributed by atoms with van der Waals surface area (Å²) in [6.45, 7) is 1.75. The largest absolute Gasteiger partial charge is 0.296 e. The summed E-state index contributed by atoms with van der Waals surface area (Å²) in [7, 11) is 0. The number of hydrogen-bond acceptors (Lipinski definition) is 5. The molecule has 0 atom stereocenters. The Hall–Kier alpha value is -1.86. The van der Waals surface area contributed by atoms with E-state index in [0.29, 0.717) is 21.0 Å². The maximum absolute atomic E-state index is 13.8. The van der Waals surface area contributed by atoms with E-state index in [1.54, 1.807) is 19.1 Å². The Balaban J connectivity index is 2.03. The second-order valence-electron chi connectivity index (χ2n) is 3.87. The highest BCUT2D eigenvalue weighted by molar-refractivity contribution is 7.21. The van der Waals surface area contributed by atoms with Gasteiger partial charge in [-0.05, 0) is 24.6 Å². The molecule has 96 valence electrons. The van der Waals surface area contributed by atoms with Crippen LogP contribution < -0.4 is 5.32 Å². The average molecular weight is 293 g/mol. The lowest BCUT2D eigenvalue weighted by atomic mass is 10.1. The molecular formula is C12H8FN3OS2. The van der Waals surface area contributed by atoms with Crippen LogP contribution in [0.3, 0.4) is 0 Å². The van der Waals surface area contributed by atoms with Crippen LogP contribution in [0.5, 0.6) is 0 Å². The number of anilines is 1. The van der Waals surface area contributed by atoms with Crippen LogP contribution in [-0.2, 0) is 0 Å². The van der Waals surface area contributed by atoms with Crippen LogP contribution in [0.1, 0.15) is 15.2 Å². The lowest BCUT2D eigenvalue weighted by Crippen LogP contribution is -2.11. The van der Waals surface area contributed by atoms with E-state index in [1.165, 1.54) is 34.3 Å². The predicted molar refractivity (Wildman–Crippen MR) is 74.4 cm³/mol. The third-order valence-electron chi connectivity index (χ3n) is 2.69. The number of halogens is 1. The van der Waals surface area contributed by atoms with Crippen molar-refractivity contribution in [3.05, 3.63) is 40.0 Å². The third-order valence-corrected chi connectivity index (χ3v) is 4.55. The van der Waals surface area contributed by atoms with Crippen molar-refractivity contribution >= 4 is 43.8 Å². The van der Waals surface area contributed by atoms with Crippen LogP contribution >= 0.6 is 22.7 Å². The van der Waals surface area contributed by atoms with Gasteiger partial charge in [-0.25, -0.2) is 4.39 Å². The SMILES string of the molecule is Cc1c(C(=O)Nc2nncs2)sc2cccc(F)c12. The number of thiophene rings is 1. The number of carbonyl (C=O) groups excluding carboxylic acids is 1. The molecule has 0 saturated carbocycles. The van der Waals surface area contributed by atoms with Crippen LogP contribution in [0.15, 0.2) is 23.7 Å². The lowest BCUT2D eigenvalue weighted by Gasteiger charge is -1.99. The van der Waals surface area contributed by atoms with Gasteiger partial charge in [0.2, 0.25) is 5.13 Å². The first-order valence-corrected chi connectivity index (χ1v) is 7.11. The van der Waals surface area contributed by atoms with Gasteiger partial charge >= 0.3 is 0 Å². The first-order chi connectivity index (χ1) is 9.16. The van der Waals surface area contributed by atoms with Crippen molar-refractivity contribution in [1.29, 1.82) is 0 Å².